The number of hydrogen-bond acceptors (Lipinski definition) is 3. The fourth-order valence-corrected chi connectivity index (χ4v) is 1.04. The summed E-state index contributed by atoms with van der Waals surface area (Å²) in [6.07, 6.45) is 3.47. The van der Waals surface area contributed by atoms with E-state index in [9.17, 15) is 4.79 Å². The van der Waals surface area contributed by atoms with Crippen LogP contribution in [0.1, 0.15) is 30.7 Å². The fraction of sp³-hybridized carbons (Fsp3) is 0.444. The van der Waals surface area contributed by atoms with Crippen LogP contribution in [0, 0.1) is 6.92 Å². The van der Waals surface area contributed by atoms with Gasteiger partial charge in [-0.2, -0.15) is 0 Å². The standard InChI is InChI=1S/C9H12N2O2/c1-6(3-9(12)13)8-4-10-7(2)11-5-8/h4-6H,3H2,1-2H3,(H,12,13). The van der Waals surface area contributed by atoms with Gasteiger partial charge < -0.3 is 5.11 Å². The van der Waals surface area contributed by atoms with Crippen molar-refractivity contribution in [2.75, 3.05) is 0 Å². The average molecular weight is 180 g/mol. The predicted molar refractivity (Wildman–Crippen MR) is 47.4 cm³/mol. The van der Waals surface area contributed by atoms with Gasteiger partial charge in [-0.15, -0.1) is 0 Å². The molecule has 0 spiro atoms. The molecule has 1 N–H and O–H groups in total. The van der Waals surface area contributed by atoms with Crippen LogP contribution >= 0.6 is 0 Å². The Morgan fingerprint density at radius 2 is 2.08 bits per heavy atom. The maximum atomic E-state index is 10.4. The van der Waals surface area contributed by atoms with E-state index in [2.05, 4.69) is 9.97 Å². The van der Waals surface area contributed by atoms with Gasteiger partial charge in [-0.05, 0) is 18.4 Å². The smallest absolute Gasteiger partial charge is 0.303 e. The van der Waals surface area contributed by atoms with Crippen molar-refractivity contribution in [2.45, 2.75) is 26.2 Å². The first-order valence-electron chi connectivity index (χ1n) is 4.10. The van der Waals surface area contributed by atoms with Crippen LogP contribution in [0.25, 0.3) is 0 Å². The predicted octanol–water partition coefficient (Wildman–Crippen LogP) is 1.36. The van der Waals surface area contributed by atoms with Crippen molar-refractivity contribution in [3.8, 4) is 0 Å². The zero-order valence-electron chi connectivity index (χ0n) is 7.69. The summed E-state index contributed by atoms with van der Waals surface area (Å²) in [5.41, 5.74) is 0.869. The Kier molecular flexibility index (Phi) is 2.95. The van der Waals surface area contributed by atoms with Crippen molar-refractivity contribution in [2.24, 2.45) is 0 Å². The molecule has 1 rings (SSSR count). The van der Waals surface area contributed by atoms with E-state index in [1.54, 1.807) is 19.3 Å². The minimum atomic E-state index is -0.798. The molecule has 0 aliphatic carbocycles. The summed E-state index contributed by atoms with van der Waals surface area (Å²) in [7, 11) is 0. The lowest BCUT2D eigenvalue weighted by molar-refractivity contribution is -0.137. The lowest BCUT2D eigenvalue weighted by Crippen LogP contribution is -2.04. The summed E-state index contributed by atoms with van der Waals surface area (Å²) in [5, 5.41) is 8.56. The first-order valence-corrected chi connectivity index (χ1v) is 4.10. The minimum Gasteiger partial charge on any atom is -0.481 e. The monoisotopic (exact) mass is 180 g/mol. The summed E-state index contributed by atoms with van der Waals surface area (Å²) < 4.78 is 0. The minimum absolute atomic E-state index is 0.0295. The molecule has 1 aromatic rings. The summed E-state index contributed by atoms with van der Waals surface area (Å²) in [6, 6.07) is 0. The topological polar surface area (TPSA) is 63.1 Å². The van der Waals surface area contributed by atoms with Crippen molar-refractivity contribution < 1.29 is 9.90 Å². The Balaban J connectivity index is 2.71. The SMILES string of the molecule is Cc1ncc(C(C)CC(=O)O)cn1. The molecule has 0 saturated carbocycles. The Labute approximate surface area is 76.7 Å². The lowest BCUT2D eigenvalue weighted by Gasteiger charge is -2.07. The van der Waals surface area contributed by atoms with E-state index < -0.39 is 5.97 Å². The molecule has 0 aliphatic rings. The highest BCUT2D eigenvalue weighted by Gasteiger charge is 2.10. The van der Waals surface area contributed by atoms with Gasteiger partial charge in [0.1, 0.15) is 5.82 Å². The molecule has 0 radical (unpaired) electrons. The first kappa shape index (κ1) is 9.64. The molecule has 0 aromatic carbocycles. The Morgan fingerprint density at radius 3 is 2.54 bits per heavy atom. The quantitative estimate of drug-likeness (QED) is 0.762. The second kappa shape index (κ2) is 3.98. The zero-order chi connectivity index (χ0) is 9.84. The van der Waals surface area contributed by atoms with Crippen LogP contribution in [0.2, 0.25) is 0 Å². The summed E-state index contributed by atoms with van der Waals surface area (Å²) in [4.78, 5) is 18.4. The number of nitrogens with zero attached hydrogens (tertiary/aromatic N) is 2. The Bertz CT molecular complexity index is 295. The molecule has 1 aromatic heterocycles. The summed E-state index contributed by atoms with van der Waals surface area (Å²) in [6.45, 7) is 3.65. The molecule has 0 aliphatic heterocycles. The van der Waals surface area contributed by atoms with E-state index in [4.69, 9.17) is 5.11 Å². The van der Waals surface area contributed by atoms with Gasteiger partial charge in [0.2, 0.25) is 0 Å². The molecule has 1 heterocycles. The Hall–Kier alpha value is -1.45. The van der Waals surface area contributed by atoms with Crippen LogP contribution in [-0.2, 0) is 4.79 Å². The number of aliphatic carboxylic acids is 1. The molecule has 0 amide bonds. The second-order valence-electron chi connectivity index (χ2n) is 3.06. The fourth-order valence-electron chi connectivity index (χ4n) is 1.04. The third-order valence-corrected chi connectivity index (χ3v) is 1.85. The molecule has 0 bridgehead atoms. The number of rotatable bonds is 3. The van der Waals surface area contributed by atoms with Crippen molar-refractivity contribution >= 4 is 5.97 Å². The number of carbonyl (C=O) groups is 1. The highest BCUT2D eigenvalue weighted by Crippen LogP contribution is 2.16. The molecule has 1 unspecified atom stereocenters. The number of carboxylic acids is 1. The van der Waals surface area contributed by atoms with Crippen LogP contribution in [0.15, 0.2) is 12.4 Å². The van der Waals surface area contributed by atoms with Gasteiger partial charge in [-0.3, -0.25) is 4.79 Å². The third-order valence-electron chi connectivity index (χ3n) is 1.85. The highest BCUT2D eigenvalue weighted by molar-refractivity contribution is 5.67. The molecule has 70 valence electrons. The van der Waals surface area contributed by atoms with E-state index in [0.29, 0.717) is 5.82 Å². The van der Waals surface area contributed by atoms with Crippen LogP contribution < -0.4 is 0 Å². The van der Waals surface area contributed by atoms with Gasteiger partial charge in [0, 0.05) is 12.4 Å². The lowest BCUT2D eigenvalue weighted by atomic mass is 10.0. The van der Waals surface area contributed by atoms with E-state index in [0.717, 1.165) is 5.56 Å². The van der Waals surface area contributed by atoms with E-state index in [-0.39, 0.29) is 12.3 Å². The van der Waals surface area contributed by atoms with E-state index >= 15 is 0 Å². The number of carboxylic acid groups (broad SMARTS) is 1. The van der Waals surface area contributed by atoms with E-state index in [1.165, 1.54) is 0 Å². The number of aryl methyl sites for hydroxylation is 1. The van der Waals surface area contributed by atoms with E-state index in [1.807, 2.05) is 6.92 Å². The molecule has 1 atom stereocenters. The van der Waals surface area contributed by atoms with Gasteiger partial charge >= 0.3 is 5.97 Å². The zero-order valence-corrected chi connectivity index (χ0v) is 7.69. The third kappa shape index (κ3) is 2.82. The summed E-state index contributed by atoms with van der Waals surface area (Å²) in [5.74, 6) is -0.127. The molecule has 0 fully saturated rings. The molecular weight excluding hydrogens is 168 g/mol. The van der Waals surface area contributed by atoms with Crippen molar-refractivity contribution in [1.82, 2.24) is 9.97 Å². The van der Waals surface area contributed by atoms with Crippen LogP contribution in [0.5, 0.6) is 0 Å². The van der Waals surface area contributed by atoms with Gasteiger partial charge in [0.15, 0.2) is 0 Å². The van der Waals surface area contributed by atoms with Crippen LogP contribution in [-0.4, -0.2) is 21.0 Å². The van der Waals surface area contributed by atoms with Crippen LogP contribution in [0.3, 0.4) is 0 Å². The molecule has 13 heavy (non-hydrogen) atoms. The van der Waals surface area contributed by atoms with Crippen molar-refractivity contribution in [3.63, 3.8) is 0 Å². The van der Waals surface area contributed by atoms with Gasteiger partial charge in [0.05, 0.1) is 6.42 Å². The Morgan fingerprint density at radius 1 is 1.54 bits per heavy atom. The highest BCUT2D eigenvalue weighted by atomic mass is 16.4. The second-order valence-corrected chi connectivity index (χ2v) is 3.06. The largest absolute Gasteiger partial charge is 0.481 e. The van der Waals surface area contributed by atoms with Gasteiger partial charge in [-0.25, -0.2) is 9.97 Å². The van der Waals surface area contributed by atoms with Crippen molar-refractivity contribution in [3.05, 3.63) is 23.8 Å². The molecular formula is C9H12N2O2. The van der Waals surface area contributed by atoms with Crippen molar-refractivity contribution in [1.29, 1.82) is 0 Å². The first-order chi connectivity index (χ1) is 6.09. The maximum Gasteiger partial charge on any atom is 0.303 e. The summed E-state index contributed by atoms with van der Waals surface area (Å²) >= 11 is 0. The molecule has 4 heteroatoms. The normalized spacial score (nSPS) is 12.5. The molecule has 0 saturated heterocycles. The number of aromatic nitrogens is 2. The van der Waals surface area contributed by atoms with Gasteiger partial charge in [-0.1, -0.05) is 6.92 Å². The maximum absolute atomic E-state index is 10.4. The average Bonchev–Trinajstić information content (AvgIpc) is 2.04. The van der Waals surface area contributed by atoms with Crippen LogP contribution in [0.4, 0.5) is 0 Å². The molecule has 4 nitrogen and oxygen atoms in total. The number of hydrogen-bond donors (Lipinski definition) is 1. The van der Waals surface area contributed by atoms with Gasteiger partial charge in [0.25, 0.3) is 0 Å².